The van der Waals surface area contributed by atoms with Crippen molar-refractivity contribution in [3.63, 3.8) is 0 Å². The third-order valence-electron chi connectivity index (χ3n) is 2.96. The van der Waals surface area contributed by atoms with E-state index in [1.165, 1.54) is 4.52 Å². The molecule has 2 aromatic heterocycles. The molecule has 0 saturated carbocycles. The first-order chi connectivity index (χ1) is 8.04. The number of ether oxygens (including phenoxy) is 1. The molecule has 2 heterocycles. The predicted octanol–water partition coefficient (Wildman–Crippen LogP) is 1.50. The fourth-order valence-corrected chi connectivity index (χ4v) is 1.50. The van der Waals surface area contributed by atoms with Gasteiger partial charge in [0.25, 0.3) is 0 Å². The van der Waals surface area contributed by atoms with Gasteiger partial charge in [0.2, 0.25) is 11.8 Å². The Morgan fingerprint density at radius 2 is 2.00 bits per heavy atom. The molecule has 0 radical (unpaired) electrons. The maximum Gasteiger partial charge on any atom is 0.243 e. The van der Waals surface area contributed by atoms with Gasteiger partial charge in [0.05, 0.1) is 6.10 Å². The van der Waals surface area contributed by atoms with Crippen molar-refractivity contribution in [1.29, 1.82) is 0 Å². The molecule has 6 heteroatoms. The Morgan fingerprint density at radius 3 is 2.65 bits per heavy atom. The maximum atomic E-state index is 5.76. The first-order valence-electron chi connectivity index (χ1n) is 5.69. The number of anilines is 1. The van der Waals surface area contributed by atoms with E-state index in [9.17, 15) is 0 Å². The minimum absolute atomic E-state index is 0.121. The van der Waals surface area contributed by atoms with Crippen LogP contribution >= 0.6 is 0 Å². The lowest BCUT2D eigenvalue weighted by atomic mass is 10.2. The second-order valence-electron chi connectivity index (χ2n) is 4.19. The zero-order chi connectivity index (χ0) is 12.6. The molecule has 0 amide bonds. The smallest absolute Gasteiger partial charge is 0.243 e. The van der Waals surface area contributed by atoms with E-state index in [0.29, 0.717) is 11.5 Å². The second-order valence-corrected chi connectivity index (χ2v) is 4.19. The summed E-state index contributed by atoms with van der Waals surface area (Å²) in [5.41, 5.74) is 8.34. The van der Waals surface area contributed by atoms with Crippen molar-refractivity contribution in [2.45, 2.75) is 40.2 Å². The van der Waals surface area contributed by atoms with E-state index in [1.807, 2.05) is 20.8 Å². The van der Waals surface area contributed by atoms with E-state index in [1.54, 1.807) is 0 Å². The van der Waals surface area contributed by atoms with E-state index < -0.39 is 0 Å². The van der Waals surface area contributed by atoms with E-state index in [4.69, 9.17) is 10.5 Å². The summed E-state index contributed by atoms with van der Waals surface area (Å²) in [6.45, 7) is 8.00. The van der Waals surface area contributed by atoms with Gasteiger partial charge in [-0.1, -0.05) is 6.92 Å². The van der Waals surface area contributed by atoms with Crippen LogP contribution in [0.4, 0.5) is 5.95 Å². The van der Waals surface area contributed by atoms with E-state index >= 15 is 0 Å². The van der Waals surface area contributed by atoms with Gasteiger partial charge >= 0.3 is 0 Å². The molecule has 0 bridgehead atoms. The minimum atomic E-state index is 0.121. The first-order valence-corrected chi connectivity index (χ1v) is 5.69. The third kappa shape index (κ3) is 1.90. The van der Waals surface area contributed by atoms with Gasteiger partial charge in [-0.3, -0.25) is 0 Å². The molecule has 0 fully saturated rings. The van der Waals surface area contributed by atoms with Crippen molar-refractivity contribution in [1.82, 2.24) is 19.8 Å². The second kappa shape index (κ2) is 4.20. The highest BCUT2D eigenvalue weighted by atomic mass is 16.5. The Morgan fingerprint density at radius 1 is 1.29 bits per heavy atom. The number of hydrogen-bond acceptors (Lipinski definition) is 5. The van der Waals surface area contributed by atoms with Crippen LogP contribution in [0.25, 0.3) is 5.65 Å². The molecule has 2 rings (SSSR count). The highest BCUT2D eigenvalue weighted by Crippen LogP contribution is 2.23. The molecule has 2 N–H and O–H groups in total. The topological polar surface area (TPSA) is 78.3 Å². The molecule has 0 aliphatic heterocycles. The minimum Gasteiger partial charge on any atom is -0.473 e. The Balaban J connectivity index is 2.56. The number of nitrogen functional groups attached to an aromatic ring is 1. The molecule has 0 aliphatic rings. The van der Waals surface area contributed by atoms with Crippen molar-refractivity contribution >= 4 is 11.6 Å². The number of aryl methyl sites for hydroxylation is 1. The van der Waals surface area contributed by atoms with Crippen molar-refractivity contribution in [3.05, 3.63) is 11.1 Å². The molecular weight excluding hydrogens is 218 g/mol. The molecular formula is C11H17N5O. The number of aromatic nitrogens is 4. The van der Waals surface area contributed by atoms with Crippen LogP contribution in [-0.2, 0) is 0 Å². The molecule has 17 heavy (non-hydrogen) atoms. The summed E-state index contributed by atoms with van der Waals surface area (Å²) in [5, 5.41) is 12.1. The van der Waals surface area contributed by atoms with Gasteiger partial charge in [0.1, 0.15) is 0 Å². The Labute approximate surface area is 99.8 Å². The summed E-state index contributed by atoms with van der Waals surface area (Å²) in [4.78, 5) is 0. The lowest BCUT2D eigenvalue weighted by Crippen LogP contribution is -2.14. The average molecular weight is 235 g/mol. The van der Waals surface area contributed by atoms with Gasteiger partial charge in [0, 0.05) is 11.1 Å². The summed E-state index contributed by atoms with van der Waals surface area (Å²) in [7, 11) is 0. The number of hydrogen-bond donors (Lipinski definition) is 1. The summed E-state index contributed by atoms with van der Waals surface area (Å²) in [6, 6.07) is 0. The first kappa shape index (κ1) is 11.6. The molecule has 0 unspecified atom stereocenters. The Hall–Kier alpha value is -1.85. The van der Waals surface area contributed by atoms with Gasteiger partial charge in [-0.05, 0) is 27.2 Å². The van der Waals surface area contributed by atoms with Gasteiger partial charge in [-0.15, -0.1) is 15.3 Å². The summed E-state index contributed by atoms with van der Waals surface area (Å²) in [5.74, 6) is 0.868. The molecule has 2 aromatic rings. The van der Waals surface area contributed by atoms with Crippen molar-refractivity contribution in [2.75, 3.05) is 5.73 Å². The van der Waals surface area contributed by atoms with Crippen LogP contribution < -0.4 is 10.5 Å². The van der Waals surface area contributed by atoms with Gasteiger partial charge < -0.3 is 10.5 Å². The standard InChI is InChI=1S/C11H17N5O/c1-5-6(2)17-10-8(4)7(3)9-13-14-11(12)16(9)15-10/h6H,5H2,1-4H3,(H2,12,14)/t6-/m1/s1. The highest BCUT2D eigenvalue weighted by molar-refractivity contribution is 5.54. The molecule has 0 saturated heterocycles. The molecule has 0 spiro atoms. The van der Waals surface area contributed by atoms with E-state index in [2.05, 4.69) is 22.2 Å². The molecule has 0 aromatic carbocycles. The molecule has 1 atom stereocenters. The molecule has 92 valence electrons. The zero-order valence-corrected chi connectivity index (χ0v) is 10.6. The van der Waals surface area contributed by atoms with Crippen molar-refractivity contribution < 1.29 is 4.74 Å². The SMILES string of the molecule is CC[C@@H](C)Oc1nn2c(N)nnc2c(C)c1C. The summed E-state index contributed by atoms with van der Waals surface area (Å²) in [6.07, 6.45) is 1.05. The van der Waals surface area contributed by atoms with Gasteiger partial charge in [-0.25, -0.2) is 0 Å². The lowest BCUT2D eigenvalue weighted by Gasteiger charge is -2.15. The van der Waals surface area contributed by atoms with Crippen LogP contribution in [0.1, 0.15) is 31.4 Å². The number of fused-ring (bicyclic) bond motifs is 1. The number of nitrogens with zero attached hydrogens (tertiary/aromatic N) is 4. The monoisotopic (exact) mass is 235 g/mol. The van der Waals surface area contributed by atoms with Crippen LogP contribution in [0, 0.1) is 13.8 Å². The molecule has 6 nitrogen and oxygen atoms in total. The van der Waals surface area contributed by atoms with Crippen LogP contribution in [0.15, 0.2) is 0 Å². The largest absolute Gasteiger partial charge is 0.473 e. The van der Waals surface area contributed by atoms with E-state index in [-0.39, 0.29) is 12.1 Å². The third-order valence-corrected chi connectivity index (χ3v) is 2.96. The quantitative estimate of drug-likeness (QED) is 0.872. The number of rotatable bonds is 3. The zero-order valence-electron chi connectivity index (χ0n) is 10.6. The molecule has 0 aliphatic carbocycles. The van der Waals surface area contributed by atoms with Crippen molar-refractivity contribution in [2.24, 2.45) is 0 Å². The number of nitrogens with two attached hydrogens (primary N) is 1. The lowest BCUT2D eigenvalue weighted by molar-refractivity contribution is 0.204. The Bertz CT molecular complexity index is 548. The van der Waals surface area contributed by atoms with Crippen LogP contribution in [0.3, 0.4) is 0 Å². The van der Waals surface area contributed by atoms with Gasteiger partial charge in [0.15, 0.2) is 5.65 Å². The average Bonchev–Trinajstić information content (AvgIpc) is 2.67. The van der Waals surface area contributed by atoms with Crippen molar-refractivity contribution in [3.8, 4) is 5.88 Å². The summed E-state index contributed by atoms with van der Waals surface area (Å²) >= 11 is 0. The normalized spacial score (nSPS) is 12.9. The fraction of sp³-hybridized carbons (Fsp3) is 0.545. The van der Waals surface area contributed by atoms with Crippen LogP contribution in [0.2, 0.25) is 0 Å². The van der Waals surface area contributed by atoms with Crippen LogP contribution in [-0.4, -0.2) is 25.9 Å². The maximum absolute atomic E-state index is 5.76. The summed E-state index contributed by atoms with van der Waals surface area (Å²) < 4.78 is 7.28. The predicted molar refractivity (Wildman–Crippen MR) is 65.0 cm³/mol. The van der Waals surface area contributed by atoms with Crippen LogP contribution in [0.5, 0.6) is 5.88 Å². The Kier molecular flexibility index (Phi) is 2.87. The fourth-order valence-electron chi connectivity index (χ4n) is 1.50. The van der Waals surface area contributed by atoms with Gasteiger partial charge in [-0.2, -0.15) is 4.52 Å². The highest BCUT2D eigenvalue weighted by Gasteiger charge is 2.15. The van der Waals surface area contributed by atoms with E-state index in [0.717, 1.165) is 17.5 Å².